The van der Waals surface area contributed by atoms with Crippen LogP contribution in [0.5, 0.6) is 0 Å². The van der Waals surface area contributed by atoms with Gasteiger partial charge in [-0.25, -0.2) is 0 Å². The summed E-state index contributed by atoms with van der Waals surface area (Å²) < 4.78 is 0. The van der Waals surface area contributed by atoms with Crippen molar-refractivity contribution in [3.8, 4) is 0 Å². The average Bonchev–Trinajstić information content (AvgIpc) is 2.88. The molecule has 1 atom stereocenters. The van der Waals surface area contributed by atoms with Crippen molar-refractivity contribution in [3.63, 3.8) is 0 Å². The molecule has 1 aromatic heterocycles. The van der Waals surface area contributed by atoms with Crippen LogP contribution in [0, 0.1) is 0 Å². The van der Waals surface area contributed by atoms with Gasteiger partial charge in [0.05, 0.1) is 0 Å². The number of nitrogens with zero attached hydrogens (tertiary/aromatic N) is 2. The molecule has 22 heavy (non-hydrogen) atoms. The van der Waals surface area contributed by atoms with Crippen LogP contribution in [-0.4, -0.2) is 23.5 Å². The molecule has 1 aliphatic rings. The highest BCUT2D eigenvalue weighted by molar-refractivity contribution is 6.06. The molecule has 0 radical (unpaired) electrons. The van der Waals surface area contributed by atoms with E-state index in [-0.39, 0.29) is 11.9 Å². The molecule has 4 nitrogen and oxygen atoms in total. The summed E-state index contributed by atoms with van der Waals surface area (Å²) in [5.41, 5.74) is 3.67. The molecular weight excluding hydrogens is 274 g/mol. The van der Waals surface area contributed by atoms with Crippen LogP contribution in [-0.2, 0) is 6.42 Å². The molecule has 1 aromatic carbocycles. The zero-order valence-corrected chi connectivity index (χ0v) is 13.0. The zero-order chi connectivity index (χ0) is 15.5. The summed E-state index contributed by atoms with van der Waals surface area (Å²) in [6.07, 6.45) is 3.63. The first-order chi connectivity index (χ1) is 10.7. The van der Waals surface area contributed by atoms with E-state index in [0.29, 0.717) is 5.69 Å². The number of hydrogen-bond acceptors (Lipinski definition) is 3. The largest absolute Gasteiger partial charge is 0.385 e. The van der Waals surface area contributed by atoms with E-state index in [1.807, 2.05) is 35.2 Å². The lowest BCUT2D eigenvalue weighted by atomic mass is 10.1. The minimum absolute atomic E-state index is 0.0300. The molecular formula is C18H21N3O. The van der Waals surface area contributed by atoms with E-state index < -0.39 is 0 Å². The Hall–Kier alpha value is -2.36. The fourth-order valence-corrected chi connectivity index (χ4v) is 2.93. The van der Waals surface area contributed by atoms with Gasteiger partial charge in [-0.1, -0.05) is 25.1 Å². The Labute approximate surface area is 131 Å². The average molecular weight is 295 g/mol. The first-order valence-corrected chi connectivity index (χ1v) is 7.82. The lowest BCUT2D eigenvalue weighted by Crippen LogP contribution is -2.36. The van der Waals surface area contributed by atoms with Crippen molar-refractivity contribution in [2.45, 2.75) is 32.7 Å². The number of amides is 1. The van der Waals surface area contributed by atoms with E-state index in [1.54, 1.807) is 6.20 Å². The van der Waals surface area contributed by atoms with Gasteiger partial charge in [-0.3, -0.25) is 9.78 Å². The number of aromatic nitrogens is 1. The molecule has 1 amide bonds. The van der Waals surface area contributed by atoms with E-state index >= 15 is 0 Å². The molecule has 0 saturated carbocycles. The Morgan fingerprint density at radius 2 is 2.18 bits per heavy atom. The highest BCUT2D eigenvalue weighted by Gasteiger charge is 2.31. The maximum atomic E-state index is 12.9. The number of fused-ring (bicyclic) bond motifs is 1. The third-order valence-corrected chi connectivity index (χ3v) is 3.98. The molecule has 2 aromatic rings. The fraction of sp³-hybridized carbons (Fsp3) is 0.333. The molecule has 3 rings (SSSR count). The minimum atomic E-state index is -0.0300. The monoisotopic (exact) mass is 295 g/mol. The Kier molecular flexibility index (Phi) is 4.09. The van der Waals surface area contributed by atoms with Gasteiger partial charge in [-0.15, -0.1) is 0 Å². The van der Waals surface area contributed by atoms with Gasteiger partial charge in [0.25, 0.3) is 5.91 Å². The zero-order valence-electron chi connectivity index (χ0n) is 13.0. The summed E-state index contributed by atoms with van der Waals surface area (Å²) in [4.78, 5) is 19.0. The predicted octanol–water partition coefficient (Wildman–Crippen LogP) is 3.49. The van der Waals surface area contributed by atoms with Crippen LogP contribution in [0.25, 0.3) is 0 Å². The fourth-order valence-electron chi connectivity index (χ4n) is 2.93. The van der Waals surface area contributed by atoms with E-state index in [9.17, 15) is 4.79 Å². The van der Waals surface area contributed by atoms with Gasteiger partial charge in [0.1, 0.15) is 5.69 Å². The Balaban J connectivity index is 1.88. The molecule has 0 spiro atoms. The second-order valence-corrected chi connectivity index (χ2v) is 5.71. The highest BCUT2D eigenvalue weighted by atomic mass is 16.2. The van der Waals surface area contributed by atoms with Crippen LogP contribution in [0.3, 0.4) is 0 Å². The number of carbonyl (C=O) groups excluding carboxylic acids is 1. The van der Waals surface area contributed by atoms with Crippen LogP contribution in [0.2, 0.25) is 0 Å². The smallest absolute Gasteiger partial charge is 0.277 e. The van der Waals surface area contributed by atoms with Crippen molar-refractivity contribution in [2.75, 3.05) is 16.8 Å². The van der Waals surface area contributed by atoms with Crippen LogP contribution in [0.4, 0.5) is 11.4 Å². The van der Waals surface area contributed by atoms with Gasteiger partial charge in [0.15, 0.2) is 0 Å². The van der Waals surface area contributed by atoms with Gasteiger partial charge in [0, 0.05) is 30.2 Å². The number of pyridine rings is 1. The number of nitrogens with one attached hydrogen (secondary N) is 1. The van der Waals surface area contributed by atoms with Crippen molar-refractivity contribution >= 4 is 17.3 Å². The summed E-state index contributed by atoms with van der Waals surface area (Å²) in [6.45, 7) is 5.08. The second kappa shape index (κ2) is 6.18. The van der Waals surface area contributed by atoms with Gasteiger partial charge < -0.3 is 10.2 Å². The van der Waals surface area contributed by atoms with Gasteiger partial charge in [-0.05, 0) is 43.5 Å². The van der Waals surface area contributed by atoms with Crippen molar-refractivity contribution in [3.05, 3.63) is 53.9 Å². The SMILES string of the molecule is CCCNc1ccnc(C(=O)N2c3ccccc3CC2C)c1. The lowest BCUT2D eigenvalue weighted by molar-refractivity contribution is 0.0976. The number of benzene rings is 1. The Bertz CT molecular complexity index is 684. The number of carbonyl (C=O) groups is 1. The van der Waals surface area contributed by atoms with Crippen molar-refractivity contribution in [2.24, 2.45) is 0 Å². The topological polar surface area (TPSA) is 45.2 Å². The lowest BCUT2D eigenvalue weighted by Gasteiger charge is -2.22. The number of para-hydroxylation sites is 1. The first-order valence-electron chi connectivity index (χ1n) is 7.82. The number of anilines is 2. The molecule has 1 N–H and O–H groups in total. The maximum Gasteiger partial charge on any atom is 0.277 e. The number of rotatable bonds is 4. The third-order valence-electron chi connectivity index (χ3n) is 3.98. The summed E-state index contributed by atoms with van der Waals surface area (Å²) in [7, 11) is 0. The molecule has 0 saturated heterocycles. The highest BCUT2D eigenvalue weighted by Crippen LogP contribution is 2.32. The Morgan fingerprint density at radius 1 is 1.36 bits per heavy atom. The Morgan fingerprint density at radius 3 is 3.00 bits per heavy atom. The quantitative estimate of drug-likeness (QED) is 0.939. The maximum absolute atomic E-state index is 12.9. The molecule has 1 unspecified atom stereocenters. The molecule has 114 valence electrons. The second-order valence-electron chi connectivity index (χ2n) is 5.71. The minimum Gasteiger partial charge on any atom is -0.385 e. The van der Waals surface area contributed by atoms with Crippen LogP contribution >= 0.6 is 0 Å². The summed E-state index contributed by atoms with van der Waals surface area (Å²) in [5.74, 6) is -0.0300. The number of hydrogen-bond donors (Lipinski definition) is 1. The third kappa shape index (κ3) is 2.69. The normalized spacial score (nSPS) is 16.5. The summed E-state index contributed by atoms with van der Waals surface area (Å²) >= 11 is 0. The standard InChI is InChI=1S/C18H21N3O/c1-3-9-19-15-8-10-20-16(12-15)18(22)21-13(2)11-14-6-4-5-7-17(14)21/h4-8,10,12-13H,3,9,11H2,1-2H3,(H,19,20). The molecule has 0 bridgehead atoms. The molecule has 4 heteroatoms. The van der Waals surface area contributed by atoms with Crippen molar-refractivity contribution in [1.82, 2.24) is 4.98 Å². The van der Waals surface area contributed by atoms with Gasteiger partial charge in [0.2, 0.25) is 0 Å². The summed E-state index contributed by atoms with van der Waals surface area (Å²) in [5, 5.41) is 3.30. The molecule has 0 fully saturated rings. The van der Waals surface area contributed by atoms with Crippen LogP contribution in [0.15, 0.2) is 42.6 Å². The van der Waals surface area contributed by atoms with Crippen molar-refractivity contribution < 1.29 is 4.79 Å². The molecule has 0 aliphatic carbocycles. The summed E-state index contributed by atoms with van der Waals surface area (Å²) in [6, 6.07) is 12.0. The van der Waals surface area contributed by atoms with E-state index in [4.69, 9.17) is 0 Å². The van der Waals surface area contributed by atoms with E-state index in [2.05, 4.69) is 30.2 Å². The van der Waals surface area contributed by atoms with Gasteiger partial charge >= 0.3 is 0 Å². The van der Waals surface area contributed by atoms with Gasteiger partial charge in [-0.2, -0.15) is 0 Å². The van der Waals surface area contributed by atoms with Crippen LogP contribution < -0.4 is 10.2 Å². The van der Waals surface area contributed by atoms with Crippen molar-refractivity contribution in [1.29, 1.82) is 0 Å². The first kappa shape index (κ1) is 14.6. The molecule has 1 aliphatic heterocycles. The predicted molar refractivity (Wildman–Crippen MR) is 89.4 cm³/mol. The van der Waals surface area contributed by atoms with Crippen LogP contribution in [0.1, 0.15) is 36.3 Å². The van der Waals surface area contributed by atoms with E-state index in [0.717, 1.165) is 30.8 Å². The molecule has 2 heterocycles. The van der Waals surface area contributed by atoms with E-state index in [1.165, 1.54) is 5.56 Å².